The molecule has 0 aliphatic carbocycles. The Bertz CT molecular complexity index is 944. The van der Waals surface area contributed by atoms with Crippen LogP contribution in [0.1, 0.15) is 12.8 Å². The molecule has 0 bridgehead atoms. The van der Waals surface area contributed by atoms with Gasteiger partial charge < -0.3 is 10.1 Å². The van der Waals surface area contributed by atoms with Crippen LogP contribution < -0.4 is 5.32 Å². The first kappa shape index (κ1) is 19.3. The Kier molecular flexibility index (Phi) is 5.76. The molecule has 0 radical (unpaired) electrons. The van der Waals surface area contributed by atoms with E-state index in [0.717, 1.165) is 17.0 Å². The molecule has 0 aromatic heterocycles. The number of fused-ring (bicyclic) bond motifs is 1. The number of ether oxygens (including phenoxy) is 1. The third-order valence-electron chi connectivity index (χ3n) is 4.67. The molecule has 1 fully saturated rings. The van der Waals surface area contributed by atoms with E-state index in [9.17, 15) is 18.0 Å². The highest BCUT2D eigenvalue weighted by Crippen LogP contribution is 2.23. The number of rotatable bonds is 5. The van der Waals surface area contributed by atoms with Crippen LogP contribution in [0.25, 0.3) is 10.8 Å². The molecule has 1 aliphatic heterocycles. The molecule has 2 aromatic carbocycles. The van der Waals surface area contributed by atoms with E-state index in [1.807, 2.05) is 36.4 Å². The Morgan fingerprint density at radius 3 is 2.48 bits per heavy atom. The van der Waals surface area contributed by atoms with E-state index >= 15 is 0 Å². The molecule has 1 aliphatic rings. The molecule has 8 heteroatoms. The van der Waals surface area contributed by atoms with Gasteiger partial charge in [0.1, 0.15) is 0 Å². The lowest BCUT2D eigenvalue weighted by Gasteiger charge is -2.28. The highest BCUT2D eigenvalue weighted by molar-refractivity contribution is 7.88. The van der Waals surface area contributed by atoms with E-state index < -0.39 is 21.9 Å². The van der Waals surface area contributed by atoms with Gasteiger partial charge in [0.2, 0.25) is 10.0 Å². The van der Waals surface area contributed by atoms with Gasteiger partial charge in [0.05, 0.1) is 12.2 Å². The lowest BCUT2D eigenvalue weighted by Crippen LogP contribution is -2.40. The van der Waals surface area contributed by atoms with E-state index in [4.69, 9.17) is 4.74 Å². The number of carbonyl (C=O) groups excluding carboxylic acids is 2. The lowest BCUT2D eigenvalue weighted by molar-refractivity contribution is -0.152. The number of nitrogens with zero attached hydrogens (tertiary/aromatic N) is 1. The van der Waals surface area contributed by atoms with Crippen LogP contribution in [0.2, 0.25) is 0 Å². The highest BCUT2D eigenvalue weighted by Gasteiger charge is 2.30. The summed E-state index contributed by atoms with van der Waals surface area (Å²) >= 11 is 0. The number of anilines is 1. The number of hydrogen-bond donors (Lipinski definition) is 1. The smallest absolute Gasteiger partial charge is 0.309 e. The van der Waals surface area contributed by atoms with E-state index in [0.29, 0.717) is 31.6 Å². The van der Waals surface area contributed by atoms with Crippen LogP contribution in [0.4, 0.5) is 5.69 Å². The van der Waals surface area contributed by atoms with Crippen molar-refractivity contribution in [2.24, 2.45) is 5.92 Å². The fraction of sp³-hybridized carbons (Fsp3) is 0.368. The maximum absolute atomic E-state index is 12.2. The Morgan fingerprint density at radius 2 is 1.78 bits per heavy atom. The van der Waals surface area contributed by atoms with Crippen LogP contribution in [-0.4, -0.2) is 50.6 Å². The van der Waals surface area contributed by atoms with E-state index in [1.54, 1.807) is 6.07 Å². The number of benzene rings is 2. The standard InChI is InChI=1S/C19H22N2O5S/c1-27(24,25)21-11-9-15(10-12-21)19(23)26-13-18(22)20-17-8-4-6-14-5-2-3-7-16(14)17/h2-8,15H,9-13H2,1H3,(H,20,22). The second kappa shape index (κ2) is 8.06. The molecule has 0 atom stereocenters. The van der Waals surface area contributed by atoms with Gasteiger partial charge in [-0.1, -0.05) is 36.4 Å². The third kappa shape index (κ3) is 4.84. The van der Waals surface area contributed by atoms with Crippen molar-refractivity contribution in [1.82, 2.24) is 4.31 Å². The first-order valence-electron chi connectivity index (χ1n) is 8.74. The summed E-state index contributed by atoms with van der Waals surface area (Å²) in [5.74, 6) is -1.25. The van der Waals surface area contributed by atoms with Crippen LogP contribution in [0.15, 0.2) is 42.5 Å². The van der Waals surface area contributed by atoms with Crippen molar-refractivity contribution in [3.05, 3.63) is 42.5 Å². The molecule has 7 nitrogen and oxygen atoms in total. The minimum atomic E-state index is -3.24. The predicted molar refractivity (Wildman–Crippen MR) is 103 cm³/mol. The zero-order valence-electron chi connectivity index (χ0n) is 15.1. The molecule has 1 saturated heterocycles. The lowest BCUT2D eigenvalue weighted by atomic mass is 9.98. The molecular weight excluding hydrogens is 368 g/mol. The third-order valence-corrected chi connectivity index (χ3v) is 5.97. The first-order chi connectivity index (χ1) is 12.8. The largest absolute Gasteiger partial charge is 0.455 e. The van der Waals surface area contributed by atoms with E-state index in [2.05, 4.69) is 5.32 Å². The number of amides is 1. The summed E-state index contributed by atoms with van der Waals surface area (Å²) in [5, 5.41) is 4.68. The van der Waals surface area contributed by atoms with Gasteiger partial charge in [0.25, 0.3) is 5.91 Å². The molecule has 144 valence electrons. The normalized spacial score (nSPS) is 16.2. The zero-order chi connectivity index (χ0) is 19.4. The summed E-state index contributed by atoms with van der Waals surface area (Å²) in [7, 11) is -3.24. The van der Waals surface area contributed by atoms with Crippen molar-refractivity contribution < 1.29 is 22.7 Å². The molecule has 1 N–H and O–H groups in total. The molecule has 0 unspecified atom stereocenters. The summed E-state index contributed by atoms with van der Waals surface area (Å²) in [6.07, 6.45) is 1.96. The van der Waals surface area contributed by atoms with Crippen LogP contribution in [0, 0.1) is 5.92 Å². The van der Waals surface area contributed by atoms with Crippen LogP contribution >= 0.6 is 0 Å². The number of hydrogen-bond acceptors (Lipinski definition) is 5. The van der Waals surface area contributed by atoms with Gasteiger partial charge in [-0.05, 0) is 24.3 Å². The molecule has 3 rings (SSSR count). The van der Waals surface area contributed by atoms with Gasteiger partial charge in [-0.2, -0.15) is 0 Å². The minimum absolute atomic E-state index is 0.292. The van der Waals surface area contributed by atoms with E-state index in [1.165, 1.54) is 4.31 Å². The van der Waals surface area contributed by atoms with Gasteiger partial charge in [-0.25, -0.2) is 12.7 Å². The van der Waals surface area contributed by atoms with Crippen molar-refractivity contribution in [2.45, 2.75) is 12.8 Å². The topological polar surface area (TPSA) is 92.8 Å². The Labute approximate surface area is 158 Å². The van der Waals surface area contributed by atoms with Crippen molar-refractivity contribution in [3.8, 4) is 0 Å². The van der Waals surface area contributed by atoms with Crippen molar-refractivity contribution >= 4 is 38.4 Å². The number of sulfonamides is 1. The Hall–Kier alpha value is -2.45. The van der Waals surface area contributed by atoms with E-state index in [-0.39, 0.29) is 12.5 Å². The summed E-state index contributed by atoms with van der Waals surface area (Å²) in [6.45, 7) is 0.218. The minimum Gasteiger partial charge on any atom is -0.455 e. The predicted octanol–water partition coefficient (Wildman–Crippen LogP) is 1.99. The SMILES string of the molecule is CS(=O)(=O)N1CCC(C(=O)OCC(=O)Nc2cccc3ccccc23)CC1. The fourth-order valence-electron chi connectivity index (χ4n) is 3.20. The molecule has 0 saturated carbocycles. The summed E-state index contributed by atoms with van der Waals surface area (Å²) in [5.41, 5.74) is 0.663. The average Bonchev–Trinajstić information content (AvgIpc) is 2.66. The average molecular weight is 390 g/mol. The van der Waals surface area contributed by atoms with Crippen LogP contribution in [0.3, 0.4) is 0 Å². The molecule has 1 heterocycles. The van der Waals surface area contributed by atoms with Crippen LogP contribution in [0.5, 0.6) is 0 Å². The molecule has 2 aromatic rings. The van der Waals surface area contributed by atoms with Crippen molar-refractivity contribution in [1.29, 1.82) is 0 Å². The van der Waals surface area contributed by atoms with Gasteiger partial charge in [0.15, 0.2) is 6.61 Å². The van der Waals surface area contributed by atoms with Gasteiger partial charge >= 0.3 is 5.97 Å². The second-order valence-corrected chi connectivity index (χ2v) is 8.60. The first-order valence-corrected chi connectivity index (χ1v) is 10.6. The van der Waals surface area contributed by atoms with Gasteiger partial charge in [0, 0.05) is 24.2 Å². The second-order valence-electron chi connectivity index (χ2n) is 6.62. The number of carbonyl (C=O) groups is 2. The quantitative estimate of drug-likeness (QED) is 0.788. The van der Waals surface area contributed by atoms with Crippen molar-refractivity contribution in [3.63, 3.8) is 0 Å². The van der Waals surface area contributed by atoms with Crippen molar-refractivity contribution in [2.75, 3.05) is 31.3 Å². The summed E-state index contributed by atoms with van der Waals surface area (Å²) < 4.78 is 29.5. The fourth-order valence-corrected chi connectivity index (χ4v) is 4.07. The molecular formula is C19H22N2O5S. The Morgan fingerprint density at radius 1 is 1.11 bits per heavy atom. The zero-order valence-corrected chi connectivity index (χ0v) is 15.9. The maximum Gasteiger partial charge on any atom is 0.309 e. The molecule has 0 spiro atoms. The number of esters is 1. The molecule has 27 heavy (non-hydrogen) atoms. The summed E-state index contributed by atoms with van der Waals surface area (Å²) in [6, 6.07) is 13.3. The Balaban J connectivity index is 1.51. The van der Waals surface area contributed by atoms with Crippen LogP contribution in [-0.2, 0) is 24.3 Å². The molecule has 1 amide bonds. The van der Waals surface area contributed by atoms with Gasteiger partial charge in [-0.15, -0.1) is 0 Å². The maximum atomic E-state index is 12.2. The van der Waals surface area contributed by atoms with Gasteiger partial charge in [-0.3, -0.25) is 9.59 Å². The monoisotopic (exact) mass is 390 g/mol. The highest BCUT2D eigenvalue weighted by atomic mass is 32.2. The summed E-state index contributed by atoms with van der Waals surface area (Å²) in [4.78, 5) is 24.3. The number of piperidine rings is 1. The number of nitrogens with one attached hydrogen (secondary N) is 1.